The van der Waals surface area contributed by atoms with Gasteiger partial charge in [0.15, 0.2) is 0 Å². The number of anilines is 1. The van der Waals surface area contributed by atoms with Gasteiger partial charge in [-0.2, -0.15) is 0 Å². The van der Waals surface area contributed by atoms with E-state index in [4.69, 9.17) is 9.47 Å². The summed E-state index contributed by atoms with van der Waals surface area (Å²) in [6.45, 7) is 3.10. The van der Waals surface area contributed by atoms with Gasteiger partial charge in [-0.05, 0) is 12.1 Å². The van der Waals surface area contributed by atoms with Crippen LogP contribution in [-0.4, -0.2) is 50.4 Å². The molecule has 0 atom stereocenters. The minimum atomic E-state index is -0.371. The van der Waals surface area contributed by atoms with Crippen molar-refractivity contribution in [3.8, 4) is 5.75 Å². The standard InChI is InChI=1S/C13H15FN2O3/c14-10-1-2-12-11(9-10)16(5-8-19-12)13(17)15-3-6-18-7-4-15/h1-2,9H,3-8H2. The van der Waals surface area contributed by atoms with E-state index >= 15 is 0 Å². The largest absolute Gasteiger partial charge is 0.490 e. The van der Waals surface area contributed by atoms with E-state index in [2.05, 4.69) is 0 Å². The Kier molecular flexibility index (Phi) is 3.25. The van der Waals surface area contributed by atoms with Gasteiger partial charge in [-0.25, -0.2) is 9.18 Å². The minimum absolute atomic E-state index is 0.113. The molecule has 1 aromatic carbocycles. The van der Waals surface area contributed by atoms with Crippen molar-refractivity contribution in [2.45, 2.75) is 0 Å². The van der Waals surface area contributed by atoms with E-state index in [1.807, 2.05) is 0 Å². The second kappa shape index (κ2) is 5.05. The van der Waals surface area contributed by atoms with E-state index in [0.717, 1.165) is 0 Å². The van der Waals surface area contributed by atoms with Gasteiger partial charge in [-0.1, -0.05) is 0 Å². The van der Waals surface area contributed by atoms with Crippen molar-refractivity contribution in [2.75, 3.05) is 44.4 Å². The maximum Gasteiger partial charge on any atom is 0.324 e. The molecular formula is C13H15FN2O3. The highest BCUT2D eigenvalue weighted by atomic mass is 19.1. The highest BCUT2D eigenvalue weighted by Gasteiger charge is 2.28. The zero-order chi connectivity index (χ0) is 13.2. The molecule has 2 aliphatic heterocycles. The van der Waals surface area contributed by atoms with E-state index in [9.17, 15) is 9.18 Å². The van der Waals surface area contributed by atoms with Crippen LogP contribution in [0.5, 0.6) is 5.75 Å². The van der Waals surface area contributed by atoms with Crippen LogP contribution in [0.2, 0.25) is 0 Å². The number of amides is 2. The van der Waals surface area contributed by atoms with Crippen molar-refractivity contribution in [1.29, 1.82) is 0 Å². The fraction of sp³-hybridized carbons (Fsp3) is 0.462. The first-order chi connectivity index (χ1) is 9.25. The average Bonchev–Trinajstić information content (AvgIpc) is 2.47. The average molecular weight is 266 g/mol. The molecule has 0 saturated carbocycles. The first-order valence-electron chi connectivity index (χ1n) is 6.32. The van der Waals surface area contributed by atoms with E-state index < -0.39 is 0 Å². The summed E-state index contributed by atoms with van der Waals surface area (Å²) >= 11 is 0. The van der Waals surface area contributed by atoms with Crippen LogP contribution >= 0.6 is 0 Å². The molecule has 0 N–H and O–H groups in total. The third-order valence-electron chi connectivity index (χ3n) is 3.30. The molecule has 102 valence electrons. The van der Waals surface area contributed by atoms with Crippen LogP contribution in [0.3, 0.4) is 0 Å². The van der Waals surface area contributed by atoms with Gasteiger partial charge >= 0.3 is 6.03 Å². The van der Waals surface area contributed by atoms with Gasteiger partial charge in [0.1, 0.15) is 18.2 Å². The number of benzene rings is 1. The van der Waals surface area contributed by atoms with E-state index in [1.54, 1.807) is 15.9 Å². The van der Waals surface area contributed by atoms with Gasteiger partial charge in [0, 0.05) is 19.2 Å². The summed E-state index contributed by atoms with van der Waals surface area (Å²) in [7, 11) is 0. The van der Waals surface area contributed by atoms with E-state index in [0.29, 0.717) is 50.9 Å². The summed E-state index contributed by atoms with van der Waals surface area (Å²) in [6.07, 6.45) is 0. The molecule has 0 radical (unpaired) electrons. The molecule has 2 heterocycles. The third-order valence-corrected chi connectivity index (χ3v) is 3.30. The Bertz CT molecular complexity index is 489. The number of urea groups is 1. The number of ether oxygens (including phenoxy) is 2. The number of morpholine rings is 1. The van der Waals surface area contributed by atoms with Crippen molar-refractivity contribution < 1.29 is 18.7 Å². The van der Waals surface area contributed by atoms with Crippen molar-refractivity contribution in [3.63, 3.8) is 0 Å². The Morgan fingerprint density at radius 3 is 2.74 bits per heavy atom. The zero-order valence-corrected chi connectivity index (χ0v) is 10.5. The van der Waals surface area contributed by atoms with Crippen molar-refractivity contribution >= 4 is 11.7 Å². The topological polar surface area (TPSA) is 42.0 Å². The predicted molar refractivity (Wildman–Crippen MR) is 67.0 cm³/mol. The Morgan fingerprint density at radius 1 is 1.16 bits per heavy atom. The molecule has 2 amide bonds. The Hall–Kier alpha value is -1.82. The fourth-order valence-electron chi connectivity index (χ4n) is 2.31. The smallest absolute Gasteiger partial charge is 0.324 e. The predicted octanol–water partition coefficient (Wildman–Crippen LogP) is 1.48. The molecule has 6 heteroatoms. The van der Waals surface area contributed by atoms with Gasteiger partial charge in [0.25, 0.3) is 0 Å². The summed E-state index contributed by atoms with van der Waals surface area (Å²) in [6, 6.07) is 4.12. The highest BCUT2D eigenvalue weighted by molar-refractivity contribution is 5.94. The Morgan fingerprint density at radius 2 is 1.95 bits per heavy atom. The van der Waals surface area contributed by atoms with E-state index in [-0.39, 0.29) is 11.8 Å². The monoisotopic (exact) mass is 266 g/mol. The third kappa shape index (κ3) is 2.35. The maximum absolute atomic E-state index is 13.3. The van der Waals surface area contributed by atoms with Crippen LogP contribution in [-0.2, 0) is 4.74 Å². The second-order valence-corrected chi connectivity index (χ2v) is 4.49. The SMILES string of the molecule is O=C(N1CCOCC1)N1CCOc2ccc(F)cc21. The van der Waals surface area contributed by atoms with Crippen LogP contribution in [0.25, 0.3) is 0 Å². The first-order valence-corrected chi connectivity index (χ1v) is 6.32. The van der Waals surface area contributed by atoms with Crippen LogP contribution < -0.4 is 9.64 Å². The van der Waals surface area contributed by atoms with Gasteiger partial charge in [0.05, 0.1) is 25.4 Å². The molecule has 19 heavy (non-hydrogen) atoms. The minimum Gasteiger partial charge on any atom is -0.490 e. The van der Waals surface area contributed by atoms with Gasteiger partial charge in [-0.3, -0.25) is 4.90 Å². The molecule has 1 saturated heterocycles. The molecule has 2 aliphatic rings. The molecule has 3 rings (SSSR count). The number of halogens is 1. The fourth-order valence-corrected chi connectivity index (χ4v) is 2.31. The lowest BCUT2D eigenvalue weighted by Gasteiger charge is -2.35. The number of hydrogen-bond donors (Lipinski definition) is 0. The molecule has 1 aromatic rings. The quantitative estimate of drug-likeness (QED) is 0.714. The number of rotatable bonds is 0. The Balaban J connectivity index is 1.86. The first kappa shape index (κ1) is 12.2. The van der Waals surface area contributed by atoms with Crippen LogP contribution in [0, 0.1) is 5.82 Å². The molecular weight excluding hydrogens is 251 g/mol. The van der Waals surface area contributed by atoms with Crippen molar-refractivity contribution in [2.24, 2.45) is 0 Å². The Labute approximate surface area is 110 Å². The number of nitrogens with zero attached hydrogens (tertiary/aromatic N) is 2. The van der Waals surface area contributed by atoms with Gasteiger partial charge in [0.2, 0.25) is 0 Å². The van der Waals surface area contributed by atoms with Crippen molar-refractivity contribution in [1.82, 2.24) is 4.90 Å². The molecule has 0 aromatic heterocycles. The molecule has 0 bridgehead atoms. The molecule has 0 spiro atoms. The van der Waals surface area contributed by atoms with Crippen LogP contribution in [0.4, 0.5) is 14.9 Å². The van der Waals surface area contributed by atoms with Crippen molar-refractivity contribution in [3.05, 3.63) is 24.0 Å². The number of fused-ring (bicyclic) bond motifs is 1. The number of carbonyl (C=O) groups excluding carboxylic acids is 1. The summed E-state index contributed by atoms with van der Waals surface area (Å²) in [5.41, 5.74) is 0.503. The van der Waals surface area contributed by atoms with Crippen LogP contribution in [0.1, 0.15) is 0 Å². The normalized spacial score (nSPS) is 18.8. The molecule has 5 nitrogen and oxygen atoms in total. The zero-order valence-electron chi connectivity index (χ0n) is 10.5. The summed E-state index contributed by atoms with van der Waals surface area (Å²) in [5.74, 6) is 0.179. The van der Waals surface area contributed by atoms with Crippen LogP contribution in [0.15, 0.2) is 18.2 Å². The lowest BCUT2D eigenvalue weighted by molar-refractivity contribution is 0.0545. The number of hydrogen-bond acceptors (Lipinski definition) is 3. The summed E-state index contributed by atoms with van der Waals surface area (Å²) in [4.78, 5) is 15.7. The number of carbonyl (C=O) groups is 1. The van der Waals surface area contributed by atoms with Gasteiger partial charge in [-0.15, -0.1) is 0 Å². The second-order valence-electron chi connectivity index (χ2n) is 4.49. The van der Waals surface area contributed by atoms with Gasteiger partial charge < -0.3 is 14.4 Å². The molecule has 0 unspecified atom stereocenters. The lowest BCUT2D eigenvalue weighted by atomic mass is 10.2. The molecule has 0 aliphatic carbocycles. The van der Waals surface area contributed by atoms with E-state index in [1.165, 1.54) is 12.1 Å². The molecule has 1 fully saturated rings. The highest BCUT2D eigenvalue weighted by Crippen LogP contribution is 2.32. The maximum atomic E-state index is 13.3. The lowest BCUT2D eigenvalue weighted by Crippen LogP contribution is -2.50. The summed E-state index contributed by atoms with van der Waals surface area (Å²) in [5, 5.41) is 0. The summed E-state index contributed by atoms with van der Waals surface area (Å²) < 4.78 is 24.0.